The predicted molar refractivity (Wildman–Crippen MR) is 48.6 cm³/mol. The largest absolute Gasteiger partial charge is 0.260 e. The lowest BCUT2D eigenvalue weighted by atomic mass is 10.1. The highest BCUT2D eigenvalue weighted by Crippen LogP contribution is 2.40. The maximum Gasteiger partial charge on any atom is 0.0464 e. The summed E-state index contributed by atoms with van der Waals surface area (Å²) in [5.74, 6) is 0.767. The first-order valence-corrected chi connectivity index (χ1v) is 4.68. The minimum absolute atomic E-state index is 0.767. The fourth-order valence-electron chi connectivity index (χ4n) is 1.34. The van der Waals surface area contributed by atoms with E-state index in [1.54, 1.807) is 0 Å². The summed E-state index contributed by atoms with van der Waals surface area (Å²) in [5, 5.41) is 0. The number of pyridine rings is 1. The van der Waals surface area contributed by atoms with E-state index in [0.29, 0.717) is 0 Å². The average molecular weight is 212 g/mol. The minimum Gasteiger partial charge on any atom is -0.260 e. The van der Waals surface area contributed by atoms with Crippen LogP contribution in [0, 0.1) is 6.92 Å². The summed E-state index contributed by atoms with van der Waals surface area (Å²) in [6, 6.07) is 2.14. The van der Waals surface area contributed by atoms with Crippen LogP contribution in [-0.2, 0) is 0 Å². The Kier molecular flexibility index (Phi) is 1.72. The van der Waals surface area contributed by atoms with E-state index >= 15 is 0 Å². The van der Waals surface area contributed by atoms with Crippen LogP contribution in [0.15, 0.2) is 16.7 Å². The molecular weight excluding hydrogens is 202 g/mol. The number of nitrogens with zero attached hydrogens (tertiary/aromatic N) is 1. The van der Waals surface area contributed by atoms with Crippen LogP contribution in [0.5, 0.6) is 0 Å². The summed E-state index contributed by atoms with van der Waals surface area (Å²) < 4.78 is 1.08. The summed E-state index contributed by atoms with van der Waals surface area (Å²) >= 11 is 3.40. The third kappa shape index (κ3) is 1.45. The van der Waals surface area contributed by atoms with Crippen LogP contribution in [0.2, 0.25) is 0 Å². The first-order valence-electron chi connectivity index (χ1n) is 3.89. The molecular formula is C9H10BrN. The predicted octanol–water partition coefficient (Wildman–Crippen LogP) is 3.03. The van der Waals surface area contributed by atoms with Gasteiger partial charge in [0.1, 0.15) is 0 Å². The van der Waals surface area contributed by atoms with Gasteiger partial charge >= 0.3 is 0 Å². The van der Waals surface area contributed by atoms with Gasteiger partial charge in [-0.15, -0.1) is 0 Å². The molecule has 0 radical (unpaired) electrons. The first kappa shape index (κ1) is 7.29. The van der Waals surface area contributed by atoms with E-state index in [9.17, 15) is 0 Å². The Morgan fingerprint density at radius 3 is 2.82 bits per heavy atom. The van der Waals surface area contributed by atoms with Crippen molar-refractivity contribution in [1.29, 1.82) is 0 Å². The highest BCUT2D eigenvalue weighted by atomic mass is 79.9. The van der Waals surface area contributed by atoms with Crippen LogP contribution in [0.4, 0.5) is 0 Å². The van der Waals surface area contributed by atoms with Crippen LogP contribution >= 0.6 is 15.9 Å². The number of halogens is 1. The Balaban J connectivity index is 2.39. The summed E-state index contributed by atoms with van der Waals surface area (Å²) in [7, 11) is 0. The summed E-state index contributed by atoms with van der Waals surface area (Å²) in [4.78, 5) is 4.39. The molecule has 1 nitrogen and oxygen atoms in total. The van der Waals surface area contributed by atoms with Crippen LogP contribution in [0.3, 0.4) is 0 Å². The van der Waals surface area contributed by atoms with E-state index in [2.05, 4.69) is 33.9 Å². The monoisotopic (exact) mass is 211 g/mol. The number of rotatable bonds is 1. The third-order valence-corrected chi connectivity index (χ3v) is 2.48. The number of hydrogen-bond acceptors (Lipinski definition) is 1. The molecule has 1 aliphatic carbocycles. The van der Waals surface area contributed by atoms with Crippen molar-refractivity contribution in [2.75, 3.05) is 0 Å². The van der Waals surface area contributed by atoms with E-state index in [4.69, 9.17) is 0 Å². The molecule has 2 rings (SSSR count). The van der Waals surface area contributed by atoms with E-state index in [1.165, 1.54) is 24.1 Å². The molecule has 0 bridgehead atoms. The number of hydrogen-bond donors (Lipinski definition) is 0. The molecule has 0 amide bonds. The van der Waals surface area contributed by atoms with Crippen molar-refractivity contribution in [2.45, 2.75) is 25.7 Å². The van der Waals surface area contributed by atoms with Gasteiger partial charge in [0.2, 0.25) is 0 Å². The van der Waals surface area contributed by atoms with Gasteiger partial charge < -0.3 is 0 Å². The van der Waals surface area contributed by atoms with Gasteiger partial charge in [-0.05, 0) is 47.3 Å². The standard InChI is InChI=1S/C9H10BrN/c1-6-4-8(10)5-11-9(6)7-2-3-7/h4-5,7H,2-3H2,1H3. The molecule has 1 aromatic heterocycles. The van der Waals surface area contributed by atoms with Crippen LogP contribution in [0.1, 0.15) is 30.0 Å². The van der Waals surface area contributed by atoms with Gasteiger partial charge in [-0.1, -0.05) is 0 Å². The molecule has 2 heteroatoms. The minimum atomic E-state index is 0.767. The molecule has 11 heavy (non-hydrogen) atoms. The second kappa shape index (κ2) is 2.59. The first-order chi connectivity index (χ1) is 5.27. The fourth-order valence-corrected chi connectivity index (χ4v) is 1.78. The van der Waals surface area contributed by atoms with E-state index in [-0.39, 0.29) is 0 Å². The molecule has 0 saturated heterocycles. The van der Waals surface area contributed by atoms with Gasteiger partial charge in [-0.3, -0.25) is 4.98 Å². The van der Waals surface area contributed by atoms with E-state index in [1.807, 2.05) is 6.20 Å². The topological polar surface area (TPSA) is 12.9 Å². The van der Waals surface area contributed by atoms with Crippen molar-refractivity contribution >= 4 is 15.9 Å². The molecule has 1 saturated carbocycles. The fraction of sp³-hybridized carbons (Fsp3) is 0.444. The molecule has 58 valence electrons. The van der Waals surface area contributed by atoms with Gasteiger partial charge in [0.05, 0.1) is 0 Å². The molecule has 0 unspecified atom stereocenters. The normalized spacial score (nSPS) is 16.9. The van der Waals surface area contributed by atoms with Crippen LogP contribution in [0.25, 0.3) is 0 Å². The Hall–Kier alpha value is -0.370. The molecule has 0 N–H and O–H groups in total. The molecule has 1 heterocycles. The maximum absolute atomic E-state index is 4.39. The molecule has 0 spiro atoms. The second-order valence-electron chi connectivity index (χ2n) is 3.13. The van der Waals surface area contributed by atoms with Gasteiger partial charge in [0.25, 0.3) is 0 Å². The molecule has 1 fully saturated rings. The van der Waals surface area contributed by atoms with Gasteiger partial charge in [0, 0.05) is 22.3 Å². The quantitative estimate of drug-likeness (QED) is 0.697. The molecule has 1 aromatic rings. The Morgan fingerprint density at radius 2 is 2.27 bits per heavy atom. The van der Waals surface area contributed by atoms with Crippen molar-refractivity contribution in [3.8, 4) is 0 Å². The maximum atomic E-state index is 4.39. The summed E-state index contributed by atoms with van der Waals surface area (Å²) in [6.45, 7) is 2.13. The Labute approximate surface area is 75.0 Å². The Morgan fingerprint density at radius 1 is 1.55 bits per heavy atom. The lowest BCUT2D eigenvalue weighted by molar-refractivity contribution is 0.992. The van der Waals surface area contributed by atoms with Crippen molar-refractivity contribution in [3.05, 3.63) is 28.0 Å². The molecule has 1 aliphatic rings. The number of aromatic nitrogens is 1. The van der Waals surface area contributed by atoms with Gasteiger partial charge in [0.15, 0.2) is 0 Å². The zero-order chi connectivity index (χ0) is 7.84. The molecule has 0 atom stereocenters. The summed E-state index contributed by atoms with van der Waals surface area (Å²) in [5.41, 5.74) is 2.62. The SMILES string of the molecule is Cc1cc(Br)cnc1C1CC1. The highest BCUT2D eigenvalue weighted by molar-refractivity contribution is 9.10. The van der Waals surface area contributed by atoms with Gasteiger partial charge in [-0.2, -0.15) is 0 Å². The zero-order valence-electron chi connectivity index (χ0n) is 6.47. The summed E-state index contributed by atoms with van der Waals surface area (Å²) in [6.07, 6.45) is 4.55. The lowest BCUT2D eigenvalue weighted by Crippen LogP contribution is -1.89. The highest BCUT2D eigenvalue weighted by Gasteiger charge is 2.26. The van der Waals surface area contributed by atoms with E-state index in [0.717, 1.165) is 10.4 Å². The molecule has 0 aliphatic heterocycles. The van der Waals surface area contributed by atoms with E-state index < -0.39 is 0 Å². The van der Waals surface area contributed by atoms with Gasteiger partial charge in [-0.25, -0.2) is 0 Å². The van der Waals surface area contributed by atoms with Crippen molar-refractivity contribution in [1.82, 2.24) is 4.98 Å². The van der Waals surface area contributed by atoms with Crippen LogP contribution < -0.4 is 0 Å². The van der Waals surface area contributed by atoms with Crippen molar-refractivity contribution < 1.29 is 0 Å². The second-order valence-corrected chi connectivity index (χ2v) is 4.05. The smallest absolute Gasteiger partial charge is 0.0464 e. The molecule has 0 aromatic carbocycles. The zero-order valence-corrected chi connectivity index (χ0v) is 8.06. The van der Waals surface area contributed by atoms with Crippen LogP contribution in [-0.4, -0.2) is 4.98 Å². The van der Waals surface area contributed by atoms with Crippen molar-refractivity contribution in [3.63, 3.8) is 0 Å². The third-order valence-electron chi connectivity index (χ3n) is 2.05. The number of aryl methyl sites for hydroxylation is 1. The average Bonchev–Trinajstić information content (AvgIpc) is 2.70. The van der Waals surface area contributed by atoms with Crippen molar-refractivity contribution in [2.24, 2.45) is 0 Å². The lowest BCUT2D eigenvalue weighted by Gasteiger charge is -2.01. The Bertz CT molecular complexity index is 279.